The third-order valence-corrected chi connectivity index (χ3v) is 5.71. The molecule has 1 amide bonds. The quantitative estimate of drug-likeness (QED) is 0.852. The number of hydrogen-bond donors (Lipinski definition) is 1. The van der Waals surface area contributed by atoms with E-state index in [2.05, 4.69) is 17.0 Å². The number of halogens is 2. The van der Waals surface area contributed by atoms with Gasteiger partial charge in [0.1, 0.15) is 16.7 Å². The van der Waals surface area contributed by atoms with E-state index >= 15 is 0 Å². The van der Waals surface area contributed by atoms with Crippen LogP contribution in [0.25, 0.3) is 0 Å². The highest BCUT2D eigenvalue weighted by Gasteiger charge is 2.43. The number of rotatable bonds is 5. The summed E-state index contributed by atoms with van der Waals surface area (Å²) in [5.74, 6) is -0.343. The van der Waals surface area contributed by atoms with E-state index in [1.165, 1.54) is 6.07 Å². The molecule has 1 N–H and O–H groups in total. The van der Waals surface area contributed by atoms with Crippen LogP contribution in [-0.4, -0.2) is 37.6 Å². The average molecular weight is 375 g/mol. The van der Waals surface area contributed by atoms with E-state index in [4.69, 9.17) is 9.47 Å². The lowest BCUT2D eigenvalue weighted by Crippen LogP contribution is -2.38. The van der Waals surface area contributed by atoms with Crippen LogP contribution in [0.4, 0.5) is 8.78 Å². The number of hydrogen-bond acceptors (Lipinski definition) is 5. The molecule has 1 spiro atoms. The lowest BCUT2D eigenvalue weighted by atomic mass is 9.86. The third-order valence-electron chi connectivity index (χ3n) is 4.68. The number of amides is 1. The van der Waals surface area contributed by atoms with E-state index in [1.807, 2.05) is 0 Å². The fourth-order valence-electron chi connectivity index (χ4n) is 3.30. The van der Waals surface area contributed by atoms with Crippen LogP contribution in [0, 0.1) is 12.8 Å². The van der Waals surface area contributed by atoms with Crippen LogP contribution in [0.5, 0.6) is 5.75 Å². The maximum Gasteiger partial charge on any atom is 0.387 e. The van der Waals surface area contributed by atoms with Gasteiger partial charge in [-0.15, -0.1) is 11.3 Å². The fraction of sp³-hybridized carbons (Fsp3) is 0.706. The van der Waals surface area contributed by atoms with E-state index in [9.17, 15) is 13.6 Å². The van der Waals surface area contributed by atoms with Crippen molar-refractivity contribution in [1.82, 2.24) is 5.32 Å². The second-order valence-electron chi connectivity index (χ2n) is 6.78. The summed E-state index contributed by atoms with van der Waals surface area (Å²) in [6.45, 7) is 1.71. The molecule has 1 atom stereocenters. The molecular weight excluding hydrogens is 352 g/mol. The van der Waals surface area contributed by atoms with Crippen molar-refractivity contribution in [3.63, 3.8) is 0 Å². The molecule has 0 aromatic carbocycles. The number of carbonyl (C=O) groups excluding carboxylic acids is 1. The monoisotopic (exact) mass is 375 g/mol. The highest BCUT2D eigenvalue weighted by atomic mass is 32.1. The van der Waals surface area contributed by atoms with Crippen LogP contribution in [0.3, 0.4) is 0 Å². The Morgan fingerprint density at radius 3 is 2.88 bits per heavy atom. The second-order valence-corrected chi connectivity index (χ2v) is 8.04. The molecule has 0 radical (unpaired) electrons. The zero-order valence-corrected chi connectivity index (χ0v) is 15.2. The van der Waals surface area contributed by atoms with Gasteiger partial charge < -0.3 is 19.5 Å². The zero-order valence-electron chi connectivity index (χ0n) is 14.3. The first-order chi connectivity index (χ1) is 11.9. The molecule has 1 saturated carbocycles. The van der Waals surface area contributed by atoms with Crippen molar-refractivity contribution in [2.75, 3.05) is 13.2 Å². The van der Waals surface area contributed by atoms with Crippen LogP contribution < -0.4 is 10.1 Å². The number of carbonyl (C=O) groups is 1. The van der Waals surface area contributed by atoms with Crippen LogP contribution >= 0.6 is 11.3 Å². The number of alkyl halides is 2. The van der Waals surface area contributed by atoms with Crippen molar-refractivity contribution >= 4 is 17.2 Å². The van der Waals surface area contributed by atoms with Gasteiger partial charge in [-0.1, -0.05) is 6.92 Å². The molecule has 1 aromatic heterocycles. The lowest BCUT2D eigenvalue weighted by molar-refractivity contribution is -0.191. The minimum atomic E-state index is -2.96. The maximum atomic E-state index is 12.4. The minimum Gasteiger partial charge on any atom is -0.433 e. The summed E-state index contributed by atoms with van der Waals surface area (Å²) in [5.41, 5.74) is 0. The Labute approximate surface area is 149 Å². The summed E-state index contributed by atoms with van der Waals surface area (Å²) >= 11 is 1.13. The van der Waals surface area contributed by atoms with Gasteiger partial charge in [0.05, 0.1) is 6.61 Å². The molecule has 1 saturated heterocycles. The molecule has 0 unspecified atom stereocenters. The predicted molar refractivity (Wildman–Crippen MR) is 89.2 cm³/mol. The van der Waals surface area contributed by atoms with Gasteiger partial charge in [-0.25, -0.2) is 0 Å². The molecule has 5 nitrogen and oxygen atoms in total. The fourth-order valence-corrected chi connectivity index (χ4v) is 4.16. The Bertz CT molecular complexity index is 614. The maximum absolute atomic E-state index is 12.4. The van der Waals surface area contributed by atoms with Crippen molar-refractivity contribution in [3.8, 4) is 5.75 Å². The Morgan fingerprint density at radius 2 is 2.20 bits per heavy atom. The van der Waals surface area contributed by atoms with Gasteiger partial charge >= 0.3 is 6.61 Å². The summed E-state index contributed by atoms with van der Waals surface area (Å²) in [6, 6.07) is 1.44. The van der Waals surface area contributed by atoms with Crippen molar-refractivity contribution in [2.45, 2.75) is 58.0 Å². The summed E-state index contributed by atoms with van der Waals surface area (Å²) in [4.78, 5) is 13.2. The standard InChI is InChI=1S/C17H23F2NO4S/c1-10-3-5-17(6-4-10)22-9-12(24-17)8-20-15(21)14-13(23-16(18)19)7-11(2)25-14/h7,10,12,16H,3-6,8-9H2,1-2H3,(H,20,21)/t10?,12-,17?/m0/s1. The van der Waals surface area contributed by atoms with E-state index < -0.39 is 18.3 Å². The Morgan fingerprint density at radius 1 is 1.48 bits per heavy atom. The molecule has 8 heteroatoms. The molecule has 1 aliphatic heterocycles. The zero-order chi connectivity index (χ0) is 18.0. The largest absolute Gasteiger partial charge is 0.433 e. The van der Waals surface area contributed by atoms with Crippen molar-refractivity contribution in [2.24, 2.45) is 5.92 Å². The first-order valence-electron chi connectivity index (χ1n) is 8.52. The Kier molecular flexibility index (Phi) is 5.60. The number of aryl methyl sites for hydroxylation is 1. The molecule has 25 heavy (non-hydrogen) atoms. The Balaban J connectivity index is 1.53. The van der Waals surface area contributed by atoms with Gasteiger partial charge in [0.2, 0.25) is 0 Å². The predicted octanol–water partition coefficient (Wildman–Crippen LogP) is 3.71. The third kappa shape index (κ3) is 4.48. The number of ether oxygens (including phenoxy) is 3. The highest BCUT2D eigenvalue weighted by Crippen LogP contribution is 2.39. The minimum absolute atomic E-state index is 0.0867. The molecule has 2 aliphatic rings. The summed E-state index contributed by atoms with van der Waals surface area (Å²) in [7, 11) is 0. The van der Waals surface area contributed by atoms with Crippen molar-refractivity contribution < 1.29 is 27.8 Å². The van der Waals surface area contributed by atoms with Crippen molar-refractivity contribution in [3.05, 3.63) is 15.8 Å². The first-order valence-corrected chi connectivity index (χ1v) is 9.34. The van der Waals surface area contributed by atoms with Gasteiger partial charge in [0.25, 0.3) is 5.91 Å². The molecule has 1 aliphatic carbocycles. The smallest absolute Gasteiger partial charge is 0.387 e. The van der Waals surface area contributed by atoms with Gasteiger partial charge in [0.15, 0.2) is 5.79 Å². The van der Waals surface area contributed by atoms with E-state index in [0.29, 0.717) is 12.5 Å². The van der Waals surface area contributed by atoms with E-state index in [-0.39, 0.29) is 23.3 Å². The summed E-state index contributed by atoms with van der Waals surface area (Å²) in [6.07, 6.45) is 3.66. The highest BCUT2D eigenvalue weighted by molar-refractivity contribution is 7.14. The van der Waals surface area contributed by atoms with Crippen LogP contribution in [0.15, 0.2) is 6.07 Å². The first kappa shape index (κ1) is 18.5. The summed E-state index contributed by atoms with van der Waals surface area (Å²) < 4.78 is 41.2. The number of thiophene rings is 1. The van der Waals surface area contributed by atoms with Crippen LogP contribution in [-0.2, 0) is 9.47 Å². The van der Waals surface area contributed by atoms with Gasteiger partial charge in [-0.3, -0.25) is 4.79 Å². The van der Waals surface area contributed by atoms with Gasteiger partial charge in [-0.2, -0.15) is 8.78 Å². The van der Waals surface area contributed by atoms with Crippen LogP contribution in [0.1, 0.15) is 47.2 Å². The molecule has 140 valence electrons. The molecule has 0 bridgehead atoms. The van der Waals surface area contributed by atoms with Gasteiger partial charge in [-0.05, 0) is 31.7 Å². The Hall–Kier alpha value is -1.25. The lowest BCUT2D eigenvalue weighted by Gasteiger charge is -2.34. The van der Waals surface area contributed by atoms with E-state index in [0.717, 1.165) is 41.9 Å². The van der Waals surface area contributed by atoms with Gasteiger partial charge in [0, 0.05) is 24.3 Å². The SMILES string of the molecule is Cc1cc(OC(F)F)c(C(=O)NC[C@H]2COC3(CCC(C)CC3)O2)s1. The average Bonchev–Trinajstić information content (AvgIpc) is 3.12. The molecular formula is C17H23F2NO4S. The van der Waals surface area contributed by atoms with Crippen molar-refractivity contribution in [1.29, 1.82) is 0 Å². The molecule has 1 aromatic rings. The van der Waals surface area contributed by atoms with E-state index in [1.54, 1.807) is 6.92 Å². The second kappa shape index (κ2) is 7.55. The molecule has 2 fully saturated rings. The van der Waals surface area contributed by atoms with Crippen LogP contribution in [0.2, 0.25) is 0 Å². The number of nitrogens with one attached hydrogen (secondary N) is 1. The molecule has 2 heterocycles. The topological polar surface area (TPSA) is 56.8 Å². The summed E-state index contributed by atoms with van der Waals surface area (Å²) in [5, 5.41) is 2.74. The normalized spacial score (nSPS) is 29.3. The molecule has 3 rings (SSSR count).